The normalized spacial score (nSPS) is 29.0. The Hall–Kier alpha value is -1.24. The summed E-state index contributed by atoms with van der Waals surface area (Å²) < 4.78 is 5.79. The summed E-state index contributed by atoms with van der Waals surface area (Å²) in [6.07, 6.45) is 3.15. The van der Waals surface area contributed by atoms with Crippen LogP contribution in [0.25, 0.3) is 10.2 Å². The smallest absolute Gasteiger partial charge is 0.138 e. The van der Waals surface area contributed by atoms with E-state index in [2.05, 4.69) is 41.0 Å². The minimum Gasteiger partial charge on any atom is -0.376 e. The lowest BCUT2D eigenvalue weighted by Gasteiger charge is -2.33. The molecular weight excluding hydrogens is 296 g/mol. The van der Waals surface area contributed by atoms with Crippen LogP contribution in [-0.4, -0.2) is 52.8 Å². The van der Waals surface area contributed by atoms with Gasteiger partial charge in [0.05, 0.1) is 18.1 Å². The molecule has 0 bridgehead atoms. The van der Waals surface area contributed by atoms with Crippen molar-refractivity contribution in [3.05, 3.63) is 16.8 Å². The lowest BCUT2D eigenvalue weighted by atomic mass is 10.1. The topological polar surface area (TPSA) is 50.3 Å². The summed E-state index contributed by atoms with van der Waals surface area (Å²) in [5.74, 6) is 0.991. The Morgan fingerprint density at radius 2 is 2.18 bits per heavy atom. The highest BCUT2D eigenvalue weighted by Gasteiger charge is 2.36. The fourth-order valence-electron chi connectivity index (χ4n) is 3.63. The van der Waals surface area contributed by atoms with Gasteiger partial charge in [0.1, 0.15) is 17.0 Å². The first-order chi connectivity index (χ1) is 10.6. The van der Waals surface area contributed by atoms with Gasteiger partial charge in [-0.25, -0.2) is 9.97 Å². The van der Waals surface area contributed by atoms with Crippen molar-refractivity contribution in [3.63, 3.8) is 0 Å². The number of aromatic nitrogens is 2. The number of morpholine rings is 1. The van der Waals surface area contributed by atoms with Crippen molar-refractivity contribution in [3.8, 4) is 0 Å². The van der Waals surface area contributed by atoms with Crippen molar-refractivity contribution in [1.82, 2.24) is 14.9 Å². The second kappa shape index (κ2) is 5.44. The summed E-state index contributed by atoms with van der Waals surface area (Å²) in [7, 11) is 0. The molecule has 5 nitrogen and oxygen atoms in total. The summed E-state index contributed by atoms with van der Waals surface area (Å²) in [5, 5.41) is 4.86. The lowest BCUT2D eigenvalue weighted by Crippen LogP contribution is -2.45. The molecule has 0 aromatic carbocycles. The average Bonchev–Trinajstić information content (AvgIpc) is 3.00. The van der Waals surface area contributed by atoms with Gasteiger partial charge in [-0.15, -0.1) is 11.3 Å². The third kappa shape index (κ3) is 2.39. The number of fused-ring (bicyclic) bond motifs is 2. The van der Waals surface area contributed by atoms with Gasteiger partial charge < -0.3 is 10.1 Å². The molecule has 2 saturated heterocycles. The first-order valence-electron chi connectivity index (χ1n) is 7.94. The molecule has 6 heteroatoms. The SMILES string of the molecule is Cc1sc2ncnc(N[C@@H]3C[C@H]4CO[C@@H](C)CN4C3)c2c1C. The highest BCUT2D eigenvalue weighted by Crippen LogP contribution is 2.34. The molecule has 22 heavy (non-hydrogen) atoms. The number of aryl methyl sites for hydroxylation is 2. The monoisotopic (exact) mass is 318 g/mol. The molecule has 0 amide bonds. The molecule has 0 radical (unpaired) electrons. The number of nitrogens with one attached hydrogen (secondary N) is 1. The summed E-state index contributed by atoms with van der Waals surface area (Å²) in [4.78, 5) is 13.9. The zero-order valence-electron chi connectivity index (χ0n) is 13.3. The van der Waals surface area contributed by atoms with Crippen LogP contribution in [0.4, 0.5) is 5.82 Å². The quantitative estimate of drug-likeness (QED) is 0.922. The lowest BCUT2D eigenvalue weighted by molar-refractivity contribution is -0.0390. The molecule has 2 aromatic heterocycles. The molecule has 1 N–H and O–H groups in total. The Morgan fingerprint density at radius 3 is 3.05 bits per heavy atom. The molecule has 0 aliphatic carbocycles. The maximum Gasteiger partial charge on any atom is 0.138 e. The van der Waals surface area contributed by atoms with E-state index in [-0.39, 0.29) is 0 Å². The Morgan fingerprint density at radius 1 is 1.32 bits per heavy atom. The minimum atomic E-state index is 0.350. The van der Waals surface area contributed by atoms with Crippen LogP contribution in [0.5, 0.6) is 0 Å². The molecule has 2 aromatic rings. The molecule has 2 aliphatic rings. The van der Waals surface area contributed by atoms with Crippen molar-refractivity contribution in [2.75, 3.05) is 25.0 Å². The highest BCUT2D eigenvalue weighted by molar-refractivity contribution is 7.18. The van der Waals surface area contributed by atoms with Crippen molar-refractivity contribution >= 4 is 27.4 Å². The maximum atomic E-state index is 5.79. The van der Waals surface area contributed by atoms with E-state index >= 15 is 0 Å². The van der Waals surface area contributed by atoms with E-state index in [1.165, 1.54) is 15.8 Å². The van der Waals surface area contributed by atoms with Gasteiger partial charge in [-0.2, -0.15) is 0 Å². The van der Waals surface area contributed by atoms with Crippen molar-refractivity contribution in [2.45, 2.75) is 45.4 Å². The number of hydrogen-bond acceptors (Lipinski definition) is 6. The van der Waals surface area contributed by atoms with Gasteiger partial charge in [0.25, 0.3) is 0 Å². The van der Waals surface area contributed by atoms with Crippen LogP contribution < -0.4 is 5.32 Å². The van der Waals surface area contributed by atoms with E-state index in [1.54, 1.807) is 17.7 Å². The van der Waals surface area contributed by atoms with Crippen LogP contribution >= 0.6 is 11.3 Å². The van der Waals surface area contributed by atoms with Gasteiger partial charge in [0.15, 0.2) is 0 Å². The van der Waals surface area contributed by atoms with E-state index in [0.29, 0.717) is 18.2 Å². The van der Waals surface area contributed by atoms with Gasteiger partial charge in [-0.1, -0.05) is 0 Å². The van der Waals surface area contributed by atoms with E-state index in [9.17, 15) is 0 Å². The molecule has 0 spiro atoms. The zero-order chi connectivity index (χ0) is 15.3. The second-order valence-corrected chi connectivity index (χ2v) is 7.72. The van der Waals surface area contributed by atoms with Crippen molar-refractivity contribution in [2.24, 2.45) is 0 Å². The molecule has 0 saturated carbocycles. The number of thiophene rings is 1. The predicted octanol–water partition coefficient (Wildman–Crippen LogP) is 2.58. The number of hydrogen-bond donors (Lipinski definition) is 1. The van der Waals surface area contributed by atoms with Crippen molar-refractivity contribution < 1.29 is 4.74 Å². The Balaban J connectivity index is 1.57. The van der Waals surface area contributed by atoms with Crippen LogP contribution in [0.3, 0.4) is 0 Å². The number of ether oxygens (including phenoxy) is 1. The van der Waals surface area contributed by atoms with Crippen LogP contribution in [-0.2, 0) is 4.74 Å². The van der Waals surface area contributed by atoms with E-state index < -0.39 is 0 Å². The third-order valence-corrected chi connectivity index (χ3v) is 6.01. The number of rotatable bonds is 2. The maximum absolute atomic E-state index is 5.79. The van der Waals surface area contributed by atoms with Crippen LogP contribution in [0.2, 0.25) is 0 Å². The molecule has 0 unspecified atom stereocenters. The van der Waals surface area contributed by atoms with Gasteiger partial charge in [-0.05, 0) is 32.8 Å². The Kier molecular flexibility index (Phi) is 3.55. The molecule has 2 aliphatic heterocycles. The third-order valence-electron chi connectivity index (χ3n) is 4.90. The second-order valence-electron chi connectivity index (χ2n) is 6.51. The van der Waals surface area contributed by atoms with Gasteiger partial charge in [-0.3, -0.25) is 4.90 Å². The summed E-state index contributed by atoms with van der Waals surface area (Å²) in [6.45, 7) is 9.44. The summed E-state index contributed by atoms with van der Waals surface area (Å²) >= 11 is 1.75. The van der Waals surface area contributed by atoms with Gasteiger partial charge in [0.2, 0.25) is 0 Å². The number of nitrogens with zero attached hydrogens (tertiary/aromatic N) is 3. The summed E-state index contributed by atoms with van der Waals surface area (Å²) in [6, 6.07) is 0.993. The largest absolute Gasteiger partial charge is 0.376 e. The van der Waals surface area contributed by atoms with Gasteiger partial charge in [0, 0.05) is 30.1 Å². The van der Waals surface area contributed by atoms with E-state index in [4.69, 9.17) is 4.74 Å². The van der Waals surface area contributed by atoms with Crippen LogP contribution in [0, 0.1) is 13.8 Å². The van der Waals surface area contributed by atoms with E-state index in [0.717, 1.165) is 36.8 Å². The van der Waals surface area contributed by atoms with Crippen molar-refractivity contribution in [1.29, 1.82) is 0 Å². The zero-order valence-corrected chi connectivity index (χ0v) is 14.1. The highest BCUT2D eigenvalue weighted by atomic mass is 32.1. The average molecular weight is 318 g/mol. The minimum absolute atomic E-state index is 0.350. The molecule has 4 rings (SSSR count). The Bertz CT molecular complexity index is 701. The molecule has 4 heterocycles. The fourth-order valence-corrected chi connectivity index (χ4v) is 4.63. The first-order valence-corrected chi connectivity index (χ1v) is 8.76. The first kappa shape index (κ1) is 14.4. The van der Waals surface area contributed by atoms with Crippen LogP contribution in [0.1, 0.15) is 23.8 Å². The predicted molar refractivity (Wildman–Crippen MR) is 89.7 cm³/mol. The fraction of sp³-hybridized carbons (Fsp3) is 0.625. The van der Waals surface area contributed by atoms with E-state index in [1.807, 2.05) is 0 Å². The standard InChI is InChI=1S/C16H22N4OS/c1-9-5-20-6-12(4-13(20)7-21-9)19-15-14-10(2)11(3)22-16(14)18-8-17-15/h8-9,12-13H,4-7H2,1-3H3,(H,17,18,19)/t9-,12+,13-/m0/s1. The molecule has 118 valence electrons. The molecule has 2 fully saturated rings. The summed E-state index contributed by atoms with van der Waals surface area (Å²) in [5.41, 5.74) is 1.30. The molecular formula is C16H22N4OS. The van der Waals surface area contributed by atoms with Crippen LogP contribution in [0.15, 0.2) is 6.33 Å². The van der Waals surface area contributed by atoms with Gasteiger partial charge >= 0.3 is 0 Å². The molecule has 3 atom stereocenters. The Labute approximate surface area is 134 Å². The number of anilines is 1.